The number of rotatable bonds is 6. The van der Waals surface area contributed by atoms with E-state index in [1.54, 1.807) is 0 Å². The second-order valence-electron chi connectivity index (χ2n) is 5.50. The molecule has 2 rings (SSSR count). The minimum Gasteiger partial charge on any atom is -0.321 e. The predicted octanol–water partition coefficient (Wildman–Crippen LogP) is 2.85. The summed E-state index contributed by atoms with van der Waals surface area (Å²) >= 11 is 0.892. The van der Waals surface area contributed by atoms with E-state index in [4.69, 9.17) is 0 Å². The fourth-order valence-electron chi connectivity index (χ4n) is 2.04. The van der Waals surface area contributed by atoms with Crippen molar-refractivity contribution in [3.05, 3.63) is 40.4 Å². The molecule has 1 aromatic heterocycles. The number of carbonyl (C=O) groups excluding carboxylic acids is 1. The Bertz CT molecular complexity index is 783. The Balaban J connectivity index is 2.12. The van der Waals surface area contributed by atoms with Gasteiger partial charge in [0.05, 0.1) is 5.75 Å². The first kappa shape index (κ1) is 17.6. The Morgan fingerprint density at radius 1 is 1.30 bits per heavy atom. The van der Waals surface area contributed by atoms with E-state index in [1.807, 2.05) is 24.3 Å². The SMILES string of the molecule is CCC(C)c1ccc(NC(=O)c2snnc2CS(C)(=O)=O)cc1. The summed E-state index contributed by atoms with van der Waals surface area (Å²) in [5, 5.41) is 6.49. The molecule has 0 saturated carbocycles. The van der Waals surface area contributed by atoms with Crippen LogP contribution in [0.2, 0.25) is 0 Å². The summed E-state index contributed by atoms with van der Waals surface area (Å²) < 4.78 is 26.4. The molecule has 0 bridgehead atoms. The van der Waals surface area contributed by atoms with Gasteiger partial charge in [0.25, 0.3) is 5.91 Å². The smallest absolute Gasteiger partial charge is 0.269 e. The van der Waals surface area contributed by atoms with Crippen LogP contribution in [0, 0.1) is 0 Å². The number of hydrogen-bond acceptors (Lipinski definition) is 6. The Hall–Kier alpha value is -1.80. The van der Waals surface area contributed by atoms with Crippen LogP contribution in [-0.2, 0) is 15.6 Å². The van der Waals surface area contributed by atoms with Crippen molar-refractivity contribution in [2.45, 2.75) is 31.9 Å². The zero-order valence-electron chi connectivity index (χ0n) is 13.2. The maximum absolute atomic E-state index is 12.3. The monoisotopic (exact) mass is 353 g/mol. The molecule has 1 N–H and O–H groups in total. The van der Waals surface area contributed by atoms with Crippen LogP contribution in [0.5, 0.6) is 0 Å². The van der Waals surface area contributed by atoms with E-state index in [-0.39, 0.29) is 16.3 Å². The molecule has 1 aromatic carbocycles. The fourth-order valence-corrected chi connectivity index (χ4v) is 3.41. The Morgan fingerprint density at radius 3 is 2.52 bits per heavy atom. The number of sulfone groups is 1. The summed E-state index contributed by atoms with van der Waals surface area (Å²) in [6.45, 7) is 4.27. The number of benzene rings is 1. The van der Waals surface area contributed by atoms with Crippen LogP contribution in [0.15, 0.2) is 24.3 Å². The molecule has 6 nitrogen and oxygen atoms in total. The molecular weight excluding hydrogens is 334 g/mol. The lowest BCUT2D eigenvalue weighted by molar-refractivity contribution is 0.102. The number of hydrogen-bond donors (Lipinski definition) is 1. The number of amides is 1. The highest BCUT2D eigenvalue weighted by atomic mass is 32.2. The van der Waals surface area contributed by atoms with E-state index in [0.717, 1.165) is 24.2 Å². The Morgan fingerprint density at radius 2 is 1.96 bits per heavy atom. The van der Waals surface area contributed by atoms with E-state index in [9.17, 15) is 13.2 Å². The van der Waals surface area contributed by atoms with Gasteiger partial charge in [0, 0.05) is 11.9 Å². The Kier molecular flexibility index (Phi) is 5.48. The molecule has 8 heteroatoms. The second-order valence-corrected chi connectivity index (χ2v) is 8.40. The largest absolute Gasteiger partial charge is 0.321 e. The van der Waals surface area contributed by atoms with Gasteiger partial charge in [-0.15, -0.1) is 5.10 Å². The molecule has 2 aromatic rings. The first-order valence-corrected chi connectivity index (χ1v) is 10.0. The van der Waals surface area contributed by atoms with Gasteiger partial charge in [0.1, 0.15) is 10.6 Å². The van der Waals surface area contributed by atoms with Crippen molar-refractivity contribution >= 4 is 33.0 Å². The molecule has 0 fully saturated rings. The topological polar surface area (TPSA) is 89.0 Å². The summed E-state index contributed by atoms with van der Waals surface area (Å²) in [6.07, 6.45) is 2.15. The normalized spacial score (nSPS) is 12.8. The standard InChI is InChI=1S/C15H19N3O3S2/c1-4-10(2)11-5-7-12(8-6-11)16-15(19)14-13(17-18-22-14)9-23(3,20)21/h5-8,10H,4,9H2,1-3H3,(H,16,19). The maximum Gasteiger partial charge on any atom is 0.269 e. The highest BCUT2D eigenvalue weighted by Crippen LogP contribution is 2.21. The van der Waals surface area contributed by atoms with Gasteiger partial charge in [-0.1, -0.05) is 30.5 Å². The Labute approximate surface area is 140 Å². The van der Waals surface area contributed by atoms with Gasteiger partial charge >= 0.3 is 0 Å². The van der Waals surface area contributed by atoms with Gasteiger partial charge in [-0.2, -0.15) is 0 Å². The summed E-state index contributed by atoms with van der Waals surface area (Å²) in [4.78, 5) is 12.5. The predicted molar refractivity (Wildman–Crippen MR) is 91.6 cm³/mol. The third-order valence-electron chi connectivity index (χ3n) is 3.51. The van der Waals surface area contributed by atoms with E-state index in [2.05, 4.69) is 28.8 Å². The lowest BCUT2D eigenvalue weighted by atomic mass is 9.99. The third-order valence-corrected chi connectivity index (χ3v) is 5.08. The van der Waals surface area contributed by atoms with Crippen molar-refractivity contribution in [3.8, 4) is 0 Å². The van der Waals surface area contributed by atoms with Crippen LogP contribution in [-0.4, -0.2) is 30.2 Å². The van der Waals surface area contributed by atoms with Crippen LogP contribution >= 0.6 is 11.5 Å². The molecule has 0 aliphatic heterocycles. The van der Waals surface area contributed by atoms with E-state index >= 15 is 0 Å². The zero-order chi connectivity index (χ0) is 17.0. The van der Waals surface area contributed by atoms with Gasteiger partial charge in [-0.3, -0.25) is 4.79 Å². The molecule has 124 valence electrons. The minimum absolute atomic E-state index is 0.186. The molecule has 1 atom stereocenters. The van der Waals surface area contributed by atoms with Gasteiger partial charge in [-0.25, -0.2) is 8.42 Å². The molecule has 1 amide bonds. The van der Waals surface area contributed by atoms with Crippen molar-refractivity contribution in [2.24, 2.45) is 0 Å². The van der Waals surface area contributed by atoms with Gasteiger partial charge in [-0.05, 0) is 41.6 Å². The minimum atomic E-state index is -3.27. The summed E-state index contributed by atoms with van der Waals surface area (Å²) in [5.74, 6) is -0.221. The summed E-state index contributed by atoms with van der Waals surface area (Å²) in [5.41, 5.74) is 2.05. The number of nitrogens with zero attached hydrogens (tertiary/aromatic N) is 2. The average molecular weight is 353 g/mol. The van der Waals surface area contributed by atoms with Gasteiger partial charge in [0.15, 0.2) is 9.84 Å². The van der Waals surface area contributed by atoms with Gasteiger partial charge in [0.2, 0.25) is 0 Å². The zero-order valence-corrected chi connectivity index (χ0v) is 14.9. The third kappa shape index (κ3) is 4.84. The van der Waals surface area contributed by atoms with Crippen LogP contribution in [0.3, 0.4) is 0 Å². The molecule has 0 aliphatic carbocycles. The van der Waals surface area contributed by atoms with E-state index in [0.29, 0.717) is 11.6 Å². The lowest BCUT2D eigenvalue weighted by Crippen LogP contribution is -2.14. The molecule has 0 aliphatic rings. The molecule has 0 saturated heterocycles. The molecule has 0 radical (unpaired) electrons. The fraction of sp³-hybridized carbons (Fsp3) is 0.400. The van der Waals surface area contributed by atoms with Crippen molar-refractivity contribution in [1.29, 1.82) is 0 Å². The van der Waals surface area contributed by atoms with Gasteiger partial charge < -0.3 is 5.32 Å². The highest BCUT2D eigenvalue weighted by molar-refractivity contribution is 7.89. The molecule has 0 spiro atoms. The van der Waals surface area contributed by atoms with E-state index < -0.39 is 15.7 Å². The van der Waals surface area contributed by atoms with Crippen LogP contribution in [0.25, 0.3) is 0 Å². The lowest BCUT2D eigenvalue weighted by Gasteiger charge is -2.10. The molecule has 23 heavy (non-hydrogen) atoms. The number of nitrogens with one attached hydrogen (secondary N) is 1. The highest BCUT2D eigenvalue weighted by Gasteiger charge is 2.20. The van der Waals surface area contributed by atoms with Crippen molar-refractivity contribution in [2.75, 3.05) is 11.6 Å². The number of anilines is 1. The molecule has 1 heterocycles. The number of carbonyl (C=O) groups is 1. The summed E-state index contributed by atoms with van der Waals surface area (Å²) in [6, 6.07) is 7.63. The quantitative estimate of drug-likeness (QED) is 0.862. The molecule has 1 unspecified atom stereocenters. The molecular formula is C15H19N3O3S2. The second kappa shape index (κ2) is 7.18. The maximum atomic E-state index is 12.3. The van der Waals surface area contributed by atoms with Crippen molar-refractivity contribution in [1.82, 2.24) is 9.59 Å². The number of aromatic nitrogens is 2. The van der Waals surface area contributed by atoms with Crippen molar-refractivity contribution in [3.63, 3.8) is 0 Å². The van der Waals surface area contributed by atoms with Crippen molar-refractivity contribution < 1.29 is 13.2 Å². The first-order valence-electron chi connectivity index (χ1n) is 7.20. The van der Waals surface area contributed by atoms with E-state index in [1.165, 1.54) is 5.56 Å². The first-order chi connectivity index (χ1) is 10.8. The van der Waals surface area contributed by atoms with Crippen LogP contribution in [0.4, 0.5) is 5.69 Å². The summed E-state index contributed by atoms with van der Waals surface area (Å²) in [7, 11) is -3.27. The average Bonchev–Trinajstić information content (AvgIpc) is 2.93. The van der Waals surface area contributed by atoms with Crippen LogP contribution in [0.1, 0.15) is 47.1 Å². The van der Waals surface area contributed by atoms with Crippen LogP contribution < -0.4 is 5.32 Å².